The van der Waals surface area contributed by atoms with Crippen molar-refractivity contribution in [3.8, 4) is 0 Å². The summed E-state index contributed by atoms with van der Waals surface area (Å²) in [5.41, 5.74) is -4.67. The first kappa shape index (κ1) is 29.9. The predicted molar refractivity (Wildman–Crippen MR) is 131 cm³/mol. The molecule has 40 heavy (non-hydrogen) atoms. The van der Waals surface area contributed by atoms with Gasteiger partial charge in [-0.15, -0.1) is 0 Å². The van der Waals surface area contributed by atoms with Crippen LogP contribution in [0.1, 0.15) is 40.5 Å². The average Bonchev–Trinajstić information content (AvgIpc) is 3.18. The molecule has 2 saturated carbocycles. The molecule has 0 aromatic rings. The number of methoxy groups -OCH3 is 2. The Morgan fingerprint density at radius 1 is 1.12 bits per heavy atom. The number of allylic oxidation sites excluding steroid dienone is 1. The maximum Gasteiger partial charge on any atom is 0.348 e. The van der Waals surface area contributed by atoms with E-state index < -0.39 is 101 Å². The van der Waals surface area contributed by atoms with E-state index in [1.54, 1.807) is 27.7 Å². The molecule has 13 nitrogen and oxygen atoms in total. The summed E-state index contributed by atoms with van der Waals surface area (Å²) in [6.07, 6.45) is -6.09. The smallest absolute Gasteiger partial charge is 0.348 e. The lowest BCUT2D eigenvalue weighted by molar-refractivity contribution is -0.294. The van der Waals surface area contributed by atoms with Gasteiger partial charge in [0.15, 0.2) is 0 Å². The van der Waals surface area contributed by atoms with E-state index >= 15 is 0 Å². The molecule has 11 atom stereocenters. The molecular formula is C27H36O13. The average molecular weight is 569 g/mol. The summed E-state index contributed by atoms with van der Waals surface area (Å²) in [5, 5.41) is 33.3. The van der Waals surface area contributed by atoms with Crippen LogP contribution < -0.4 is 0 Å². The monoisotopic (exact) mass is 568 g/mol. The Labute approximate surface area is 230 Å². The highest BCUT2D eigenvalue weighted by atomic mass is 16.6. The van der Waals surface area contributed by atoms with Crippen molar-refractivity contribution < 1.29 is 63.0 Å². The van der Waals surface area contributed by atoms with Gasteiger partial charge in [0.25, 0.3) is 0 Å². The fourth-order valence-corrected chi connectivity index (χ4v) is 8.25. The van der Waals surface area contributed by atoms with Gasteiger partial charge >= 0.3 is 29.8 Å². The van der Waals surface area contributed by atoms with Crippen LogP contribution in [0.3, 0.4) is 0 Å². The van der Waals surface area contributed by atoms with E-state index in [0.29, 0.717) is 5.57 Å². The van der Waals surface area contributed by atoms with Gasteiger partial charge in [-0.1, -0.05) is 19.4 Å². The Kier molecular flexibility index (Phi) is 7.57. The number of rotatable bonds is 7. The fourth-order valence-electron chi connectivity index (χ4n) is 8.25. The highest BCUT2D eigenvalue weighted by molar-refractivity contribution is 5.89. The van der Waals surface area contributed by atoms with Gasteiger partial charge in [0.05, 0.1) is 45.2 Å². The zero-order valence-corrected chi connectivity index (χ0v) is 23.2. The minimum Gasteiger partial charge on any atom is -0.481 e. The Morgan fingerprint density at radius 3 is 2.33 bits per heavy atom. The van der Waals surface area contributed by atoms with Crippen molar-refractivity contribution in [2.45, 2.75) is 70.6 Å². The molecule has 0 amide bonds. The van der Waals surface area contributed by atoms with Crippen LogP contribution in [-0.4, -0.2) is 96.0 Å². The summed E-state index contributed by atoms with van der Waals surface area (Å²) >= 11 is 0. The number of carboxylic acid groups (broad SMARTS) is 1. The molecule has 2 aliphatic heterocycles. The third-order valence-electron chi connectivity index (χ3n) is 9.57. The second-order valence-corrected chi connectivity index (χ2v) is 11.8. The Balaban J connectivity index is 1.98. The first-order valence-electron chi connectivity index (χ1n) is 13.1. The molecule has 0 aromatic carbocycles. The lowest BCUT2D eigenvalue weighted by Crippen LogP contribution is -2.79. The lowest BCUT2D eigenvalue weighted by Gasteiger charge is -2.66. The van der Waals surface area contributed by atoms with Crippen LogP contribution in [0.5, 0.6) is 0 Å². The van der Waals surface area contributed by atoms with Crippen molar-refractivity contribution in [3.63, 3.8) is 0 Å². The number of aliphatic hydroxyl groups excluding tert-OH is 2. The second-order valence-electron chi connectivity index (χ2n) is 11.8. The van der Waals surface area contributed by atoms with Crippen LogP contribution >= 0.6 is 0 Å². The highest BCUT2D eigenvalue weighted by Crippen LogP contribution is 2.72. The van der Waals surface area contributed by atoms with Crippen molar-refractivity contribution >= 4 is 29.8 Å². The lowest BCUT2D eigenvalue weighted by atomic mass is 9.38. The van der Waals surface area contributed by atoms with Gasteiger partial charge in [-0.25, -0.2) is 14.4 Å². The minimum atomic E-state index is -2.33. The summed E-state index contributed by atoms with van der Waals surface area (Å²) < 4.78 is 27.3. The van der Waals surface area contributed by atoms with Crippen molar-refractivity contribution in [2.75, 3.05) is 20.8 Å². The molecule has 2 saturated heterocycles. The van der Waals surface area contributed by atoms with Crippen molar-refractivity contribution in [1.82, 2.24) is 0 Å². The molecule has 11 unspecified atom stereocenters. The van der Waals surface area contributed by atoms with E-state index in [9.17, 15) is 39.3 Å². The Hall–Kier alpha value is -3.03. The van der Waals surface area contributed by atoms with E-state index in [4.69, 9.17) is 23.7 Å². The molecule has 4 aliphatic rings. The van der Waals surface area contributed by atoms with Gasteiger partial charge in [-0.05, 0) is 31.6 Å². The number of aliphatic carboxylic acids is 1. The molecule has 1 spiro atoms. The standard InChI is InChI=1S/C27H36O13/c1-11(2)7-16(30)40-18-20-26-10-38-27(20,24(35)37-6)21(32)17(31)19(26)25(4,9-15(28)29)13(12(3)22(33)36-5)8-14(26)39-23(18)34/h7,12-14,17-21,31-32H,8-10H2,1-6H3,(H,28,29). The summed E-state index contributed by atoms with van der Waals surface area (Å²) in [6, 6.07) is 0. The molecular weight excluding hydrogens is 532 g/mol. The molecule has 0 aromatic heterocycles. The van der Waals surface area contributed by atoms with Crippen molar-refractivity contribution in [2.24, 2.45) is 34.5 Å². The predicted octanol–water partition coefficient (Wildman–Crippen LogP) is -0.00400. The van der Waals surface area contributed by atoms with Gasteiger partial charge < -0.3 is 39.0 Å². The van der Waals surface area contributed by atoms with Gasteiger partial charge in [0.2, 0.25) is 11.7 Å². The molecule has 2 aliphatic carbocycles. The molecule has 4 fully saturated rings. The molecule has 222 valence electrons. The van der Waals surface area contributed by atoms with Crippen LogP contribution in [0.2, 0.25) is 0 Å². The topological polar surface area (TPSA) is 192 Å². The first-order valence-corrected chi connectivity index (χ1v) is 13.1. The summed E-state index contributed by atoms with van der Waals surface area (Å²) in [5.74, 6) is -9.17. The van der Waals surface area contributed by atoms with Gasteiger partial charge in [-0.3, -0.25) is 9.59 Å². The number of hydrogen-bond acceptors (Lipinski definition) is 12. The first-order chi connectivity index (χ1) is 18.6. The second kappa shape index (κ2) is 10.1. The van der Waals surface area contributed by atoms with E-state index in [0.717, 1.165) is 13.2 Å². The van der Waals surface area contributed by atoms with Crippen molar-refractivity contribution in [1.29, 1.82) is 0 Å². The number of ether oxygens (including phenoxy) is 5. The molecule has 3 N–H and O–H groups in total. The maximum absolute atomic E-state index is 13.5. The number of esters is 4. The Morgan fingerprint density at radius 2 is 1.77 bits per heavy atom. The van der Waals surface area contributed by atoms with Crippen LogP contribution in [0.25, 0.3) is 0 Å². The minimum absolute atomic E-state index is 0.0448. The number of hydrogen-bond donors (Lipinski definition) is 3. The normalized spacial score (nSPS) is 42.0. The number of carboxylic acids is 1. The van der Waals surface area contributed by atoms with Gasteiger partial charge in [-0.2, -0.15) is 0 Å². The van der Waals surface area contributed by atoms with E-state index in [2.05, 4.69) is 0 Å². The van der Waals surface area contributed by atoms with Gasteiger partial charge in [0.1, 0.15) is 12.2 Å². The third kappa shape index (κ3) is 3.96. The zero-order valence-electron chi connectivity index (χ0n) is 23.2. The highest BCUT2D eigenvalue weighted by Gasteiger charge is 2.85. The van der Waals surface area contributed by atoms with Crippen LogP contribution in [0, 0.1) is 34.5 Å². The van der Waals surface area contributed by atoms with Crippen LogP contribution in [-0.2, 0) is 47.7 Å². The van der Waals surface area contributed by atoms with Gasteiger partial charge in [0, 0.05) is 17.4 Å². The molecule has 2 heterocycles. The number of carbonyl (C=O) groups excluding carboxylic acids is 4. The van der Waals surface area contributed by atoms with Crippen molar-refractivity contribution in [3.05, 3.63) is 11.6 Å². The van der Waals surface area contributed by atoms with Crippen LogP contribution in [0.4, 0.5) is 0 Å². The molecule has 2 bridgehead atoms. The number of aliphatic hydroxyl groups is 2. The number of carbonyl (C=O) groups is 5. The molecule has 13 heteroatoms. The van der Waals surface area contributed by atoms with Crippen LogP contribution in [0.15, 0.2) is 11.6 Å². The quantitative estimate of drug-likeness (QED) is 0.211. The summed E-state index contributed by atoms with van der Waals surface area (Å²) in [6.45, 7) is 6.05. The largest absolute Gasteiger partial charge is 0.481 e. The molecule has 0 radical (unpaired) electrons. The van der Waals surface area contributed by atoms with E-state index in [1.165, 1.54) is 7.11 Å². The van der Waals surface area contributed by atoms with E-state index in [1.807, 2.05) is 0 Å². The molecule has 4 rings (SSSR count). The summed E-state index contributed by atoms with van der Waals surface area (Å²) in [4.78, 5) is 64.5. The summed E-state index contributed by atoms with van der Waals surface area (Å²) in [7, 11) is 2.23. The zero-order chi connectivity index (χ0) is 29.9. The van der Waals surface area contributed by atoms with E-state index in [-0.39, 0.29) is 13.0 Å². The maximum atomic E-state index is 13.5. The third-order valence-corrected chi connectivity index (χ3v) is 9.57. The fraction of sp³-hybridized carbons (Fsp3) is 0.741. The SMILES string of the molecule is COC(=O)C(C)C1CC2OC(=O)C(OC(=O)C=C(C)C)C3C4(C(=O)OC)OCC23C(C(O)C4O)C1(C)CC(=O)O. The Bertz CT molecular complexity index is 1140.